The Morgan fingerprint density at radius 1 is 1.05 bits per heavy atom. The molecule has 3 rings (SSSR count). The number of nitrogens with zero attached hydrogens (tertiary/aromatic N) is 3. The number of aliphatic hydroxyl groups is 1. The third-order valence-electron chi connectivity index (χ3n) is 3.11. The standard InChI is InChI=1S/C15H14N4O/c20-8-5-11-3-1-6-16-14(11)13-4-2-7-17-15(13)12-9-18-19-10-12/h1-4,6-7,9-10,20H,5,8H2,(H,18,19). The van der Waals surface area contributed by atoms with E-state index < -0.39 is 0 Å². The molecule has 0 aliphatic heterocycles. The van der Waals surface area contributed by atoms with E-state index in [1.54, 1.807) is 24.8 Å². The Balaban J connectivity index is 2.16. The first-order valence-electron chi connectivity index (χ1n) is 6.39. The molecule has 5 heteroatoms. The van der Waals surface area contributed by atoms with Crippen molar-refractivity contribution < 1.29 is 5.11 Å². The first-order chi connectivity index (χ1) is 9.90. The topological polar surface area (TPSA) is 74.7 Å². The minimum Gasteiger partial charge on any atom is -0.396 e. The van der Waals surface area contributed by atoms with Crippen LogP contribution in [0.3, 0.4) is 0 Å². The van der Waals surface area contributed by atoms with Crippen molar-refractivity contribution in [3.8, 4) is 22.5 Å². The third kappa shape index (κ3) is 2.31. The Hall–Kier alpha value is -2.53. The van der Waals surface area contributed by atoms with Crippen molar-refractivity contribution in [2.45, 2.75) is 6.42 Å². The largest absolute Gasteiger partial charge is 0.396 e. The number of nitrogens with one attached hydrogen (secondary N) is 1. The average molecular weight is 266 g/mol. The van der Waals surface area contributed by atoms with E-state index in [4.69, 9.17) is 0 Å². The summed E-state index contributed by atoms with van der Waals surface area (Å²) in [6.07, 6.45) is 7.62. The van der Waals surface area contributed by atoms with Gasteiger partial charge in [-0.15, -0.1) is 0 Å². The summed E-state index contributed by atoms with van der Waals surface area (Å²) in [4.78, 5) is 8.89. The molecular formula is C15H14N4O. The summed E-state index contributed by atoms with van der Waals surface area (Å²) < 4.78 is 0. The number of H-pyrrole nitrogens is 1. The molecule has 3 aromatic rings. The Kier molecular flexibility index (Phi) is 3.52. The lowest BCUT2D eigenvalue weighted by atomic mass is 10.0. The van der Waals surface area contributed by atoms with Gasteiger partial charge in [-0.2, -0.15) is 5.10 Å². The van der Waals surface area contributed by atoms with Gasteiger partial charge in [0, 0.05) is 36.3 Å². The summed E-state index contributed by atoms with van der Waals surface area (Å²) in [5, 5.41) is 15.9. The zero-order chi connectivity index (χ0) is 13.8. The highest BCUT2D eigenvalue weighted by molar-refractivity contribution is 5.79. The SMILES string of the molecule is OCCc1cccnc1-c1cccnc1-c1cn[nH]c1. The highest BCUT2D eigenvalue weighted by atomic mass is 16.2. The lowest BCUT2D eigenvalue weighted by Gasteiger charge is -2.10. The first kappa shape index (κ1) is 12.5. The zero-order valence-electron chi connectivity index (χ0n) is 10.8. The highest BCUT2D eigenvalue weighted by Crippen LogP contribution is 2.30. The lowest BCUT2D eigenvalue weighted by Crippen LogP contribution is -1.98. The van der Waals surface area contributed by atoms with Crippen LogP contribution in [0, 0.1) is 0 Å². The predicted molar refractivity (Wildman–Crippen MR) is 75.8 cm³/mol. The Morgan fingerprint density at radius 2 is 1.85 bits per heavy atom. The van der Waals surface area contributed by atoms with Gasteiger partial charge in [-0.05, 0) is 30.2 Å². The molecule has 0 aromatic carbocycles. The average Bonchev–Trinajstić information content (AvgIpc) is 3.02. The van der Waals surface area contributed by atoms with Crippen LogP contribution in [-0.2, 0) is 6.42 Å². The van der Waals surface area contributed by atoms with Crippen molar-refractivity contribution in [2.75, 3.05) is 6.61 Å². The molecule has 0 saturated heterocycles. The van der Waals surface area contributed by atoms with E-state index in [1.807, 2.05) is 24.3 Å². The van der Waals surface area contributed by atoms with Gasteiger partial charge in [0.05, 0.1) is 17.6 Å². The number of aromatic amines is 1. The maximum Gasteiger partial charge on any atom is 0.0827 e. The quantitative estimate of drug-likeness (QED) is 0.758. The van der Waals surface area contributed by atoms with Gasteiger partial charge in [0.2, 0.25) is 0 Å². The second-order valence-electron chi connectivity index (χ2n) is 4.37. The molecule has 5 nitrogen and oxygen atoms in total. The van der Waals surface area contributed by atoms with Crippen molar-refractivity contribution in [1.82, 2.24) is 20.2 Å². The number of hydrogen-bond acceptors (Lipinski definition) is 4. The Morgan fingerprint density at radius 3 is 2.60 bits per heavy atom. The van der Waals surface area contributed by atoms with Crippen molar-refractivity contribution in [2.24, 2.45) is 0 Å². The van der Waals surface area contributed by atoms with Crippen LogP contribution >= 0.6 is 0 Å². The summed E-state index contributed by atoms with van der Waals surface area (Å²) in [5.74, 6) is 0. The summed E-state index contributed by atoms with van der Waals surface area (Å²) in [6.45, 7) is 0.0972. The van der Waals surface area contributed by atoms with E-state index in [0.29, 0.717) is 6.42 Å². The summed E-state index contributed by atoms with van der Waals surface area (Å²) in [5.41, 5.74) is 4.55. The van der Waals surface area contributed by atoms with E-state index in [0.717, 1.165) is 28.1 Å². The van der Waals surface area contributed by atoms with Gasteiger partial charge in [-0.3, -0.25) is 15.1 Å². The van der Waals surface area contributed by atoms with Crippen molar-refractivity contribution >= 4 is 0 Å². The molecule has 0 aliphatic carbocycles. The van der Waals surface area contributed by atoms with E-state index in [9.17, 15) is 5.11 Å². The molecule has 0 unspecified atom stereocenters. The van der Waals surface area contributed by atoms with Crippen LogP contribution in [0.4, 0.5) is 0 Å². The van der Waals surface area contributed by atoms with Crippen molar-refractivity contribution in [3.63, 3.8) is 0 Å². The molecule has 0 saturated carbocycles. The molecule has 0 aliphatic rings. The Bertz CT molecular complexity index is 695. The number of hydrogen-bond donors (Lipinski definition) is 2. The van der Waals surface area contributed by atoms with Crippen LogP contribution < -0.4 is 0 Å². The van der Waals surface area contributed by atoms with Crippen LogP contribution in [0.15, 0.2) is 49.1 Å². The molecule has 0 radical (unpaired) electrons. The molecule has 2 N–H and O–H groups in total. The summed E-state index contributed by atoms with van der Waals surface area (Å²) in [6, 6.07) is 7.72. The second-order valence-corrected chi connectivity index (χ2v) is 4.37. The zero-order valence-corrected chi connectivity index (χ0v) is 10.8. The van der Waals surface area contributed by atoms with Gasteiger partial charge < -0.3 is 5.11 Å². The minimum absolute atomic E-state index is 0.0972. The maximum atomic E-state index is 9.19. The van der Waals surface area contributed by atoms with Gasteiger partial charge >= 0.3 is 0 Å². The first-order valence-corrected chi connectivity index (χ1v) is 6.39. The molecule has 100 valence electrons. The van der Waals surface area contributed by atoms with Gasteiger partial charge in [-0.1, -0.05) is 6.07 Å². The normalized spacial score (nSPS) is 10.7. The molecule has 0 spiro atoms. The molecule has 0 bridgehead atoms. The minimum atomic E-state index is 0.0972. The second kappa shape index (κ2) is 5.63. The number of rotatable bonds is 4. The highest BCUT2D eigenvalue weighted by Gasteiger charge is 2.13. The van der Waals surface area contributed by atoms with Gasteiger partial charge in [0.25, 0.3) is 0 Å². The van der Waals surface area contributed by atoms with Crippen molar-refractivity contribution in [1.29, 1.82) is 0 Å². The molecule has 20 heavy (non-hydrogen) atoms. The van der Waals surface area contributed by atoms with Gasteiger partial charge in [-0.25, -0.2) is 0 Å². The third-order valence-corrected chi connectivity index (χ3v) is 3.11. The predicted octanol–water partition coefficient (Wildman–Crippen LogP) is 2.07. The van der Waals surface area contributed by atoms with E-state index in [1.165, 1.54) is 0 Å². The molecule has 0 fully saturated rings. The molecule has 0 atom stereocenters. The Labute approximate surface area is 116 Å². The van der Waals surface area contributed by atoms with E-state index >= 15 is 0 Å². The number of aliphatic hydroxyl groups excluding tert-OH is 1. The van der Waals surface area contributed by atoms with Crippen molar-refractivity contribution in [3.05, 3.63) is 54.6 Å². The summed E-state index contributed by atoms with van der Waals surface area (Å²) >= 11 is 0. The van der Waals surface area contributed by atoms with Gasteiger partial charge in [0.15, 0.2) is 0 Å². The molecule has 3 aromatic heterocycles. The number of pyridine rings is 2. The van der Waals surface area contributed by atoms with Crippen LogP contribution in [0.5, 0.6) is 0 Å². The maximum absolute atomic E-state index is 9.19. The fourth-order valence-corrected chi connectivity index (χ4v) is 2.21. The lowest BCUT2D eigenvalue weighted by molar-refractivity contribution is 0.299. The number of aromatic nitrogens is 4. The van der Waals surface area contributed by atoms with Crippen LogP contribution in [0.1, 0.15) is 5.56 Å². The van der Waals surface area contributed by atoms with E-state index in [2.05, 4.69) is 20.2 Å². The smallest absolute Gasteiger partial charge is 0.0827 e. The van der Waals surface area contributed by atoms with Crippen LogP contribution in [0.25, 0.3) is 22.5 Å². The van der Waals surface area contributed by atoms with Crippen LogP contribution in [0.2, 0.25) is 0 Å². The fourth-order valence-electron chi connectivity index (χ4n) is 2.21. The summed E-state index contributed by atoms with van der Waals surface area (Å²) in [7, 11) is 0. The van der Waals surface area contributed by atoms with Gasteiger partial charge in [0.1, 0.15) is 0 Å². The van der Waals surface area contributed by atoms with E-state index in [-0.39, 0.29) is 6.61 Å². The fraction of sp³-hybridized carbons (Fsp3) is 0.133. The monoisotopic (exact) mass is 266 g/mol. The van der Waals surface area contributed by atoms with Crippen LogP contribution in [-0.4, -0.2) is 31.9 Å². The molecular weight excluding hydrogens is 252 g/mol. The molecule has 3 heterocycles. The molecule has 0 amide bonds.